The second-order valence-electron chi connectivity index (χ2n) is 4.26. The standard InChI is InChI=1S/C11H16BrN4O2/c1-4-6-16-7-8(13-10(16)12)14(3)11(18)15(5-2)9(7)17/h7H,4-6H2,1-3H3/q+1. The lowest BCUT2D eigenvalue weighted by Crippen LogP contribution is -2.62. The van der Waals surface area contributed by atoms with E-state index in [-0.39, 0.29) is 11.9 Å². The molecular formula is C11H16BrN4O2+. The van der Waals surface area contributed by atoms with Crippen molar-refractivity contribution in [2.75, 3.05) is 20.1 Å². The summed E-state index contributed by atoms with van der Waals surface area (Å²) in [6, 6.07) is -0.780. The van der Waals surface area contributed by atoms with Crippen LogP contribution in [0.3, 0.4) is 0 Å². The molecular weight excluding hydrogens is 300 g/mol. The number of aliphatic imine (C=N–C) groups is 1. The zero-order chi connectivity index (χ0) is 13.4. The van der Waals surface area contributed by atoms with Crippen molar-refractivity contribution in [3.05, 3.63) is 0 Å². The van der Waals surface area contributed by atoms with Crippen LogP contribution in [0.25, 0.3) is 0 Å². The Morgan fingerprint density at radius 1 is 1.39 bits per heavy atom. The van der Waals surface area contributed by atoms with Crippen molar-refractivity contribution in [2.45, 2.75) is 26.3 Å². The first-order valence-electron chi connectivity index (χ1n) is 5.99. The molecule has 0 saturated carbocycles. The van der Waals surface area contributed by atoms with Crippen molar-refractivity contribution in [3.8, 4) is 0 Å². The van der Waals surface area contributed by atoms with E-state index in [1.54, 1.807) is 14.0 Å². The highest BCUT2D eigenvalue weighted by molar-refractivity contribution is 9.18. The van der Waals surface area contributed by atoms with Gasteiger partial charge in [-0.25, -0.2) is 9.37 Å². The molecule has 0 radical (unpaired) electrons. The fourth-order valence-corrected chi connectivity index (χ4v) is 2.81. The number of urea groups is 1. The van der Waals surface area contributed by atoms with E-state index < -0.39 is 6.04 Å². The quantitative estimate of drug-likeness (QED) is 0.573. The van der Waals surface area contributed by atoms with Gasteiger partial charge in [-0.05, 0) is 18.3 Å². The Balaban J connectivity index is 2.41. The van der Waals surface area contributed by atoms with Gasteiger partial charge < -0.3 is 0 Å². The number of carbonyl (C=O) groups is 2. The predicted molar refractivity (Wildman–Crippen MR) is 71.1 cm³/mol. The number of halogens is 1. The highest BCUT2D eigenvalue weighted by atomic mass is 79.9. The van der Waals surface area contributed by atoms with Gasteiger partial charge in [-0.2, -0.15) is 0 Å². The van der Waals surface area contributed by atoms with Crippen LogP contribution >= 0.6 is 15.9 Å². The first kappa shape index (κ1) is 13.2. The number of imide groups is 1. The maximum absolute atomic E-state index is 12.3. The zero-order valence-electron chi connectivity index (χ0n) is 10.7. The van der Waals surface area contributed by atoms with Gasteiger partial charge in [-0.15, -0.1) is 0 Å². The molecule has 98 valence electrons. The third-order valence-corrected chi connectivity index (χ3v) is 3.78. The normalized spacial score (nSPS) is 23.8. The Labute approximate surface area is 114 Å². The number of carbonyl (C=O) groups excluding carboxylic acids is 2. The summed E-state index contributed by atoms with van der Waals surface area (Å²) in [4.78, 5) is 31.3. The number of nitrogens with zero attached hydrogens (tertiary/aromatic N) is 4. The number of amides is 3. The maximum Gasteiger partial charge on any atom is 0.364 e. The molecule has 1 unspecified atom stereocenters. The van der Waals surface area contributed by atoms with Crippen LogP contribution in [0.4, 0.5) is 4.79 Å². The van der Waals surface area contributed by atoms with Gasteiger partial charge in [0.05, 0.1) is 22.5 Å². The molecule has 0 aliphatic carbocycles. The van der Waals surface area contributed by atoms with Crippen LogP contribution in [-0.2, 0) is 4.79 Å². The summed E-state index contributed by atoms with van der Waals surface area (Å²) in [6.45, 7) is 4.94. The molecule has 0 aromatic rings. The summed E-state index contributed by atoms with van der Waals surface area (Å²) in [7, 11) is 1.65. The summed E-state index contributed by atoms with van der Waals surface area (Å²) in [5.41, 5.74) is 0. The van der Waals surface area contributed by atoms with E-state index >= 15 is 0 Å². The molecule has 0 spiro atoms. The van der Waals surface area contributed by atoms with E-state index in [0.29, 0.717) is 17.1 Å². The average molecular weight is 316 g/mol. The summed E-state index contributed by atoms with van der Waals surface area (Å²) < 4.78 is 2.51. The molecule has 2 aliphatic heterocycles. The number of hydrogen-bond donors (Lipinski definition) is 0. The van der Waals surface area contributed by atoms with E-state index in [0.717, 1.165) is 13.0 Å². The van der Waals surface area contributed by atoms with Gasteiger partial charge in [-0.3, -0.25) is 14.6 Å². The van der Waals surface area contributed by atoms with E-state index in [1.165, 1.54) is 9.80 Å². The summed E-state index contributed by atoms with van der Waals surface area (Å²) >= 11 is 3.36. The molecule has 18 heavy (non-hydrogen) atoms. The molecule has 0 N–H and O–H groups in total. The summed E-state index contributed by atoms with van der Waals surface area (Å²) in [5.74, 6) is 0.317. The molecule has 1 atom stereocenters. The number of likely N-dealkylation sites (N-methyl/N-ethyl adjacent to an activating group) is 2. The van der Waals surface area contributed by atoms with Gasteiger partial charge in [0.2, 0.25) is 0 Å². The van der Waals surface area contributed by atoms with Crippen LogP contribution < -0.4 is 0 Å². The molecule has 1 fully saturated rings. The van der Waals surface area contributed by atoms with Gasteiger partial charge >= 0.3 is 10.8 Å². The number of hydrogen-bond acceptors (Lipinski definition) is 3. The van der Waals surface area contributed by atoms with E-state index in [4.69, 9.17) is 0 Å². The van der Waals surface area contributed by atoms with E-state index in [9.17, 15) is 9.59 Å². The Bertz CT molecular complexity index is 472. The third-order valence-electron chi connectivity index (χ3n) is 3.14. The van der Waals surface area contributed by atoms with Gasteiger partial charge in [0.25, 0.3) is 17.8 Å². The average Bonchev–Trinajstić information content (AvgIpc) is 2.66. The molecule has 0 bridgehead atoms. The second-order valence-corrected chi connectivity index (χ2v) is 4.97. The van der Waals surface area contributed by atoms with Crippen molar-refractivity contribution < 1.29 is 14.2 Å². The molecule has 3 amide bonds. The van der Waals surface area contributed by atoms with Crippen molar-refractivity contribution in [2.24, 2.45) is 4.99 Å². The molecule has 6 nitrogen and oxygen atoms in total. The topological polar surface area (TPSA) is 56.0 Å². The van der Waals surface area contributed by atoms with Crippen LogP contribution in [0.1, 0.15) is 20.3 Å². The van der Waals surface area contributed by atoms with E-state index in [2.05, 4.69) is 20.9 Å². The molecule has 0 aromatic heterocycles. The van der Waals surface area contributed by atoms with Crippen LogP contribution in [0, 0.1) is 0 Å². The van der Waals surface area contributed by atoms with E-state index in [1.807, 2.05) is 11.5 Å². The molecule has 2 aliphatic rings. The highest BCUT2D eigenvalue weighted by Crippen LogP contribution is 2.21. The minimum absolute atomic E-state index is 0.192. The first-order chi connectivity index (χ1) is 8.52. The largest absolute Gasteiger partial charge is 0.364 e. The van der Waals surface area contributed by atoms with Gasteiger partial charge in [0.15, 0.2) is 0 Å². The second kappa shape index (κ2) is 4.79. The van der Waals surface area contributed by atoms with Gasteiger partial charge in [0, 0.05) is 13.6 Å². The monoisotopic (exact) mass is 315 g/mol. The number of rotatable bonds is 3. The molecule has 7 heteroatoms. The Morgan fingerprint density at radius 2 is 2.06 bits per heavy atom. The fraction of sp³-hybridized carbons (Fsp3) is 0.636. The van der Waals surface area contributed by atoms with Gasteiger partial charge in [-0.1, -0.05) is 6.92 Å². The smallest absolute Gasteiger partial charge is 0.269 e. The molecule has 2 rings (SSSR count). The van der Waals surface area contributed by atoms with Crippen LogP contribution in [0.2, 0.25) is 0 Å². The van der Waals surface area contributed by atoms with Crippen molar-refractivity contribution in [1.29, 1.82) is 0 Å². The Hall–Kier alpha value is -1.24. The minimum Gasteiger partial charge on any atom is -0.269 e. The highest BCUT2D eigenvalue weighted by Gasteiger charge is 2.52. The fourth-order valence-electron chi connectivity index (χ4n) is 2.24. The van der Waals surface area contributed by atoms with Crippen molar-refractivity contribution in [1.82, 2.24) is 9.80 Å². The third kappa shape index (κ3) is 1.77. The zero-order valence-corrected chi connectivity index (χ0v) is 12.3. The van der Waals surface area contributed by atoms with Crippen LogP contribution in [-0.4, -0.2) is 63.1 Å². The molecule has 1 saturated heterocycles. The summed E-state index contributed by atoms with van der Waals surface area (Å²) in [6.07, 6.45) is 0.908. The lowest BCUT2D eigenvalue weighted by molar-refractivity contribution is -0.532. The maximum atomic E-state index is 12.3. The molecule has 0 aromatic carbocycles. The lowest BCUT2D eigenvalue weighted by Gasteiger charge is -2.32. The molecule has 2 heterocycles. The number of fused-ring (bicyclic) bond motifs is 1. The van der Waals surface area contributed by atoms with Crippen LogP contribution in [0.15, 0.2) is 4.99 Å². The lowest BCUT2D eigenvalue weighted by atomic mass is 10.1. The Kier molecular flexibility index (Phi) is 3.52. The predicted octanol–water partition coefficient (Wildman–Crippen LogP) is 0.854. The van der Waals surface area contributed by atoms with Gasteiger partial charge in [0.1, 0.15) is 0 Å². The first-order valence-corrected chi connectivity index (χ1v) is 6.78. The summed E-state index contributed by atoms with van der Waals surface area (Å²) in [5, 5.41) is 0. The number of amidine groups is 2. The van der Waals surface area contributed by atoms with Crippen LogP contribution in [0.5, 0.6) is 0 Å². The van der Waals surface area contributed by atoms with Crippen molar-refractivity contribution in [3.63, 3.8) is 0 Å². The SMILES string of the molecule is CCC[N+]1=C(Br)N=C2C1C(=O)N(CC)C(=O)N2C. The minimum atomic E-state index is -0.470. The van der Waals surface area contributed by atoms with Crippen molar-refractivity contribution >= 4 is 38.4 Å². The Morgan fingerprint density at radius 3 is 2.61 bits per heavy atom.